The molecule has 17 heavy (non-hydrogen) atoms. The van der Waals surface area contributed by atoms with E-state index in [1.54, 1.807) is 23.5 Å². The number of anilines is 1. The summed E-state index contributed by atoms with van der Waals surface area (Å²) in [6.07, 6.45) is 1.72. The van der Waals surface area contributed by atoms with Crippen LogP contribution in [0, 0.1) is 19.7 Å². The first kappa shape index (κ1) is 12.0. The number of hydrogen-bond donors (Lipinski definition) is 1. The van der Waals surface area contributed by atoms with Gasteiger partial charge in [-0.15, -0.1) is 11.3 Å². The molecule has 0 saturated carbocycles. The minimum atomic E-state index is -0.352. The lowest BCUT2D eigenvalue weighted by atomic mass is 10.1. The maximum Gasteiger partial charge on any atom is 0.146 e. The molecule has 2 N–H and O–H groups in total. The van der Waals surface area contributed by atoms with Crippen LogP contribution in [0.5, 0.6) is 0 Å². The second-order valence-corrected chi connectivity index (χ2v) is 5.39. The van der Waals surface area contributed by atoms with Gasteiger partial charge in [0.1, 0.15) is 5.82 Å². The van der Waals surface area contributed by atoms with Crippen LogP contribution in [0.1, 0.15) is 21.1 Å². The molecule has 0 aliphatic carbocycles. The molecule has 0 saturated heterocycles. The Labute approximate surface area is 104 Å². The molecule has 0 aliphatic rings. The molecule has 2 nitrogen and oxygen atoms in total. The first-order chi connectivity index (χ1) is 8.06. The molecular weight excluding hydrogens is 235 g/mol. The zero-order valence-corrected chi connectivity index (χ0v) is 10.8. The third-order valence-corrected chi connectivity index (χ3v) is 3.89. The molecule has 1 aromatic heterocycles. The van der Waals surface area contributed by atoms with Crippen LogP contribution >= 0.6 is 11.3 Å². The molecule has 0 spiro atoms. The largest absolute Gasteiger partial charge is 0.396 e. The molecule has 0 bridgehead atoms. The summed E-state index contributed by atoms with van der Waals surface area (Å²) in [6, 6.07) is 4.89. The lowest BCUT2D eigenvalue weighted by Crippen LogP contribution is -1.95. The minimum Gasteiger partial charge on any atom is -0.396 e. The Balaban J connectivity index is 2.04. The Bertz CT molecular complexity index is 515. The fourth-order valence-corrected chi connectivity index (χ4v) is 2.58. The topological polar surface area (TPSA) is 38.9 Å². The van der Waals surface area contributed by atoms with Gasteiger partial charge in [-0.05, 0) is 38.0 Å². The number of aromatic nitrogens is 1. The van der Waals surface area contributed by atoms with Crippen molar-refractivity contribution in [1.29, 1.82) is 0 Å². The van der Waals surface area contributed by atoms with E-state index >= 15 is 0 Å². The monoisotopic (exact) mass is 250 g/mol. The predicted octanol–water partition coefficient (Wildman–Crippen LogP) is 3.27. The fraction of sp³-hybridized carbons (Fsp3) is 0.308. The van der Waals surface area contributed by atoms with Crippen LogP contribution in [0.25, 0.3) is 0 Å². The van der Waals surface area contributed by atoms with Crippen LogP contribution < -0.4 is 5.73 Å². The summed E-state index contributed by atoms with van der Waals surface area (Å²) in [6.45, 7) is 4.09. The molecule has 2 aromatic rings. The summed E-state index contributed by atoms with van der Waals surface area (Å²) in [5.74, 6) is -0.352. The molecule has 0 atom stereocenters. The van der Waals surface area contributed by atoms with Crippen molar-refractivity contribution < 1.29 is 4.39 Å². The van der Waals surface area contributed by atoms with Crippen molar-refractivity contribution in [3.8, 4) is 0 Å². The molecule has 0 aliphatic heterocycles. The summed E-state index contributed by atoms with van der Waals surface area (Å²) in [7, 11) is 0. The van der Waals surface area contributed by atoms with Crippen LogP contribution in [0.4, 0.5) is 10.1 Å². The van der Waals surface area contributed by atoms with E-state index in [1.807, 2.05) is 6.92 Å². The highest BCUT2D eigenvalue weighted by Crippen LogP contribution is 2.19. The highest BCUT2D eigenvalue weighted by molar-refractivity contribution is 7.11. The van der Waals surface area contributed by atoms with E-state index in [1.165, 1.54) is 10.9 Å². The molecule has 0 unspecified atom stereocenters. The van der Waals surface area contributed by atoms with Crippen molar-refractivity contribution >= 4 is 17.0 Å². The highest BCUT2D eigenvalue weighted by atomic mass is 32.1. The quantitative estimate of drug-likeness (QED) is 0.849. The van der Waals surface area contributed by atoms with Crippen molar-refractivity contribution in [3.05, 3.63) is 45.2 Å². The number of hydrogen-bond acceptors (Lipinski definition) is 3. The third kappa shape index (κ3) is 2.82. The van der Waals surface area contributed by atoms with Crippen molar-refractivity contribution in [2.45, 2.75) is 26.7 Å². The summed E-state index contributed by atoms with van der Waals surface area (Å²) in [4.78, 5) is 5.74. The van der Waals surface area contributed by atoms with E-state index in [4.69, 9.17) is 5.73 Å². The number of halogens is 1. The minimum absolute atomic E-state index is 0.217. The predicted molar refractivity (Wildman–Crippen MR) is 69.8 cm³/mol. The van der Waals surface area contributed by atoms with Gasteiger partial charge in [-0.1, -0.05) is 6.07 Å². The Morgan fingerprint density at radius 2 is 2.06 bits per heavy atom. The Morgan fingerprint density at radius 1 is 1.29 bits per heavy atom. The summed E-state index contributed by atoms with van der Waals surface area (Å²) in [5.41, 5.74) is 7.90. The smallest absolute Gasteiger partial charge is 0.146 e. The van der Waals surface area contributed by atoms with E-state index in [2.05, 4.69) is 11.9 Å². The summed E-state index contributed by atoms with van der Waals surface area (Å²) in [5, 5.41) is 1.13. The van der Waals surface area contributed by atoms with E-state index in [0.717, 1.165) is 29.1 Å². The first-order valence-electron chi connectivity index (χ1n) is 5.53. The lowest BCUT2D eigenvalue weighted by Gasteiger charge is -2.02. The average Bonchev–Trinajstić information content (AvgIpc) is 2.60. The van der Waals surface area contributed by atoms with Crippen LogP contribution in [0.15, 0.2) is 18.2 Å². The number of aryl methyl sites for hydroxylation is 4. The Kier molecular flexibility index (Phi) is 3.43. The maximum absolute atomic E-state index is 13.0. The fourth-order valence-electron chi connectivity index (χ4n) is 1.65. The van der Waals surface area contributed by atoms with Gasteiger partial charge < -0.3 is 5.73 Å². The number of nitrogen functional groups attached to an aromatic ring is 1. The number of nitrogens with zero attached hydrogens (tertiary/aromatic N) is 1. The van der Waals surface area contributed by atoms with Gasteiger partial charge in [0.2, 0.25) is 0 Å². The molecule has 90 valence electrons. The number of rotatable bonds is 3. The molecule has 1 heterocycles. The molecule has 0 amide bonds. The van der Waals surface area contributed by atoms with E-state index in [0.29, 0.717) is 0 Å². The molecule has 0 radical (unpaired) electrons. The van der Waals surface area contributed by atoms with Gasteiger partial charge >= 0.3 is 0 Å². The second-order valence-electron chi connectivity index (χ2n) is 4.11. The van der Waals surface area contributed by atoms with Gasteiger partial charge in [0.25, 0.3) is 0 Å². The number of nitrogens with two attached hydrogens (primary N) is 1. The zero-order valence-electron chi connectivity index (χ0n) is 9.96. The molecular formula is C13H15FN2S. The average molecular weight is 250 g/mol. The van der Waals surface area contributed by atoms with E-state index in [9.17, 15) is 4.39 Å². The highest BCUT2D eigenvalue weighted by Gasteiger charge is 2.05. The summed E-state index contributed by atoms with van der Waals surface area (Å²) >= 11 is 1.72. The molecule has 4 heteroatoms. The van der Waals surface area contributed by atoms with Crippen LogP contribution in [-0.4, -0.2) is 4.98 Å². The van der Waals surface area contributed by atoms with E-state index < -0.39 is 0 Å². The maximum atomic E-state index is 13.0. The number of thiazole rings is 1. The summed E-state index contributed by atoms with van der Waals surface area (Å²) < 4.78 is 13.0. The van der Waals surface area contributed by atoms with Gasteiger partial charge in [0.15, 0.2) is 0 Å². The Hall–Kier alpha value is -1.42. The van der Waals surface area contributed by atoms with Crippen molar-refractivity contribution in [3.63, 3.8) is 0 Å². The van der Waals surface area contributed by atoms with Crippen LogP contribution in [0.3, 0.4) is 0 Å². The van der Waals surface area contributed by atoms with Crippen molar-refractivity contribution in [2.75, 3.05) is 5.73 Å². The molecule has 0 fully saturated rings. The van der Waals surface area contributed by atoms with Gasteiger partial charge in [-0.2, -0.15) is 0 Å². The third-order valence-electron chi connectivity index (χ3n) is 2.76. The SMILES string of the molecule is Cc1nc(CCc2ccc(F)c(N)c2)sc1C. The van der Waals surface area contributed by atoms with Crippen LogP contribution in [-0.2, 0) is 12.8 Å². The van der Waals surface area contributed by atoms with Crippen molar-refractivity contribution in [1.82, 2.24) is 4.98 Å². The number of benzene rings is 1. The van der Waals surface area contributed by atoms with Crippen molar-refractivity contribution in [2.24, 2.45) is 0 Å². The van der Waals surface area contributed by atoms with Gasteiger partial charge in [0.05, 0.1) is 16.4 Å². The second kappa shape index (κ2) is 4.84. The van der Waals surface area contributed by atoms with Gasteiger partial charge in [-0.25, -0.2) is 9.37 Å². The van der Waals surface area contributed by atoms with Gasteiger partial charge in [0, 0.05) is 11.3 Å². The lowest BCUT2D eigenvalue weighted by molar-refractivity contribution is 0.631. The van der Waals surface area contributed by atoms with Gasteiger partial charge in [-0.3, -0.25) is 0 Å². The standard InChI is InChI=1S/C13H15FN2S/c1-8-9(2)17-13(16-8)6-4-10-3-5-11(14)12(15)7-10/h3,5,7H,4,6,15H2,1-2H3. The first-order valence-corrected chi connectivity index (χ1v) is 6.34. The molecule has 2 rings (SSSR count). The normalized spacial score (nSPS) is 10.8. The Morgan fingerprint density at radius 3 is 2.65 bits per heavy atom. The zero-order chi connectivity index (χ0) is 12.4. The van der Waals surface area contributed by atoms with E-state index in [-0.39, 0.29) is 11.5 Å². The molecule has 1 aromatic carbocycles. The van der Waals surface area contributed by atoms with Crippen LogP contribution in [0.2, 0.25) is 0 Å².